The standard InChI is InChI=1S/C12H20N4O.ClH/c1-8(2)10-5-11(15-14-10)12(17)16-4-3-9(6-13)7-16;/h5,8-9H,3-4,6-7,13H2,1-2H3,(H,14,15);1H. The molecule has 1 aromatic heterocycles. The van der Waals surface area contributed by atoms with Crippen molar-refractivity contribution in [3.63, 3.8) is 0 Å². The fraction of sp³-hybridized carbons (Fsp3) is 0.667. The van der Waals surface area contributed by atoms with E-state index in [4.69, 9.17) is 5.73 Å². The lowest BCUT2D eigenvalue weighted by molar-refractivity contribution is 0.0782. The van der Waals surface area contributed by atoms with Gasteiger partial charge in [-0.15, -0.1) is 12.4 Å². The van der Waals surface area contributed by atoms with Gasteiger partial charge in [0.15, 0.2) is 0 Å². The Balaban J connectivity index is 0.00000162. The number of nitrogens with two attached hydrogens (primary N) is 1. The molecule has 1 fully saturated rings. The second-order valence-corrected chi connectivity index (χ2v) is 5.00. The first-order chi connectivity index (χ1) is 8.11. The van der Waals surface area contributed by atoms with Crippen molar-refractivity contribution in [1.29, 1.82) is 0 Å². The monoisotopic (exact) mass is 272 g/mol. The second-order valence-electron chi connectivity index (χ2n) is 5.00. The molecule has 1 unspecified atom stereocenters. The number of hydrogen-bond donors (Lipinski definition) is 2. The summed E-state index contributed by atoms with van der Waals surface area (Å²) < 4.78 is 0. The predicted molar refractivity (Wildman–Crippen MR) is 73.0 cm³/mol. The summed E-state index contributed by atoms with van der Waals surface area (Å²) in [7, 11) is 0. The van der Waals surface area contributed by atoms with Crippen LogP contribution in [-0.4, -0.2) is 40.6 Å². The molecule has 5 nitrogen and oxygen atoms in total. The second kappa shape index (κ2) is 6.20. The first-order valence-corrected chi connectivity index (χ1v) is 6.16. The van der Waals surface area contributed by atoms with E-state index in [0.717, 1.165) is 25.2 Å². The Labute approximate surface area is 114 Å². The van der Waals surface area contributed by atoms with Gasteiger partial charge in [-0.2, -0.15) is 5.10 Å². The molecule has 0 aromatic carbocycles. The molecule has 1 aliphatic heterocycles. The minimum atomic E-state index is 0. The van der Waals surface area contributed by atoms with Crippen molar-refractivity contribution in [3.05, 3.63) is 17.5 Å². The van der Waals surface area contributed by atoms with E-state index in [1.165, 1.54) is 0 Å². The summed E-state index contributed by atoms with van der Waals surface area (Å²) in [5, 5.41) is 7.00. The molecule has 0 radical (unpaired) electrons. The highest BCUT2D eigenvalue weighted by Gasteiger charge is 2.27. The summed E-state index contributed by atoms with van der Waals surface area (Å²) >= 11 is 0. The van der Waals surface area contributed by atoms with Gasteiger partial charge >= 0.3 is 0 Å². The first kappa shape index (κ1) is 15.0. The fourth-order valence-corrected chi connectivity index (χ4v) is 2.11. The fourth-order valence-electron chi connectivity index (χ4n) is 2.11. The van der Waals surface area contributed by atoms with Crippen LogP contribution in [0.2, 0.25) is 0 Å². The Hall–Kier alpha value is -1.07. The van der Waals surface area contributed by atoms with E-state index >= 15 is 0 Å². The van der Waals surface area contributed by atoms with Crippen LogP contribution in [0.3, 0.4) is 0 Å². The van der Waals surface area contributed by atoms with Crippen LogP contribution < -0.4 is 5.73 Å². The number of H-pyrrole nitrogens is 1. The van der Waals surface area contributed by atoms with Crippen LogP contribution >= 0.6 is 12.4 Å². The topological polar surface area (TPSA) is 75.0 Å². The van der Waals surface area contributed by atoms with E-state index in [9.17, 15) is 4.79 Å². The third-order valence-electron chi connectivity index (χ3n) is 3.35. The number of aromatic amines is 1. The van der Waals surface area contributed by atoms with Gasteiger partial charge in [0, 0.05) is 18.8 Å². The van der Waals surface area contributed by atoms with Crippen LogP contribution in [-0.2, 0) is 0 Å². The first-order valence-electron chi connectivity index (χ1n) is 6.16. The molecule has 1 saturated heterocycles. The molecular formula is C12H21ClN4O. The van der Waals surface area contributed by atoms with Gasteiger partial charge in [-0.3, -0.25) is 9.89 Å². The molecule has 1 aromatic rings. The molecule has 2 rings (SSSR count). The van der Waals surface area contributed by atoms with E-state index in [1.807, 2.05) is 11.0 Å². The van der Waals surface area contributed by atoms with Gasteiger partial charge in [-0.05, 0) is 30.9 Å². The maximum absolute atomic E-state index is 12.1. The minimum Gasteiger partial charge on any atom is -0.337 e. The quantitative estimate of drug-likeness (QED) is 0.873. The summed E-state index contributed by atoms with van der Waals surface area (Å²) in [5.74, 6) is 0.825. The number of rotatable bonds is 3. The van der Waals surface area contributed by atoms with Gasteiger partial charge in [-0.1, -0.05) is 13.8 Å². The van der Waals surface area contributed by atoms with Gasteiger partial charge in [0.2, 0.25) is 0 Å². The van der Waals surface area contributed by atoms with E-state index in [1.54, 1.807) is 0 Å². The van der Waals surface area contributed by atoms with Crippen LogP contribution in [0, 0.1) is 5.92 Å². The lowest BCUT2D eigenvalue weighted by Gasteiger charge is -2.14. The van der Waals surface area contributed by atoms with Crippen molar-refractivity contribution >= 4 is 18.3 Å². The summed E-state index contributed by atoms with van der Waals surface area (Å²) in [6, 6.07) is 1.85. The zero-order valence-electron chi connectivity index (χ0n) is 10.8. The molecule has 0 saturated carbocycles. The Bertz CT molecular complexity index is 405. The van der Waals surface area contributed by atoms with Gasteiger partial charge in [0.25, 0.3) is 5.91 Å². The molecule has 0 spiro atoms. The molecule has 1 amide bonds. The summed E-state index contributed by atoms with van der Waals surface area (Å²) in [5.41, 5.74) is 7.14. The van der Waals surface area contributed by atoms with Crippen molar-refractivity contribution in [2.45, 2.75) is 26.2 Å². The van der Waals surface area contributed by atoms with Crippen molar-refractivity contribution in [2.75, 3.05) is 19.6 Å². The lowest BCUT2D eigenvalue weighted by atomic mass is 10.1. The smallest absolute Gasteiger partial charge is 0.274 e. The van der Waals surface area contributed by atoms with Crippen molar-refractivity contribution < 1.29 is 4.79 Å². The molecule has 0 bridgehead atoms. The van der Waals surface area contributed by atoms with E-state index in [0.29, 0.717) is 24.1 Å². The Morgan fingerprint density at radius 1 is 1.67 bits per heavy atom. The predicted octanol–water partition coefficient (Wildman–Crippen LogP) is 1.38. The van der Waals surface area contributed by atoms with Crippen molar-refractivity contribution in [1.82, 2.24) is 15.1 Å². The van der Waals surface area contributed by atoms with Gasteiger partial charge < -0.3 is 10.6 Å². The molecule has 2 heterocycles. The summed E-state index contributed by atoms with van der Waals surface area (Å²) in [6.45, 7) is 6.36. The zero-order chi connectivity index (χ0) is 12.4. The maximum Gasteiger partial charge on any atom is 0.274 e. The maximum atomic E-state index is 12.1. The van der Waals surface area contributed by atoms with Gasteiger partial charge in [0.05, 0.1) is 0 Å². The number of amides is 1. The summed E-state index contributed by atoms with van der Waals surface area (Å²) in [4.78, 5) is 14.0. The minimum absolute atomic E-state index is 0. The number of aromatic nitrogens is 2. The summed E-state index contributed by atoms with van der Waals surface area (Å²) in [6.07, 6.45) is 1.00. The number of halogens is 1. The molecular weight excluding hydrogens is 252 g/mol. The number of nitrogens with zero attached hydrogens (tertiary/aromatic N) is 2. The third kappa shape index (κ3) is 3.03. The van der Waals surface area contributed by atoms with Gasteiger partial charge in [-0.25, -0.2) is 0 Å². The molecule has 3 N–H and O–H groups in total. The molecule has 0 aliphatic carbocycles. The normalized spacial score (nSPS) is 19.1. The van der Waals surface area contributed by atoms with Crippen LogP contribution in [0.15, 0.2) is 6.07 Å². The van der Waals surface area contributed by atoms with E-state index in [2.05, 4.69) is 24.0 Å². The largest absolute Gasteiger partial charge is 0.337 e. The Morgan fingerprint density at radius 2 is 2.39 bits per heavy atom. The molecule has 18 heavy (non-hydrogen) atoms. The van der Waals surface area contributed by atoms with Crippen LogP contribution in [0.4, 0.5) is 0 Å². The lowest BCUT2D eigenvalue weighted by Crippen LogP contribution is -2.30. The van der Waals surface area contributed by atoms with Crippen LogP contribution in [0.25, 0.3) is 0 Å². The molecule has 6 heteroatoms. The number of carbonyl (C=O) groups excluding carboxylic acids is 1. The van der Waals surface area contributed by atoms with Crippen LogP contribution in [0.1, 0.15) is 42.4 Å². The number of hydrogen-bond acceptors (Lipinski definition) is 3. The van der Waals surface area contributed by atoms with Crippen LogP contribution in [0.5, 0.6) is 0 Å². The molecule has 102 valence electrons. The Kier molecular flexibility index (Phi) is 5.16. The average molecular weight is 273 g/mol. The highest BCUT2D eigenvalue weighted by atomic mass is 35.5. The van der Waals surface area contributed by atoms with Crippen molar-refractivity contribution in [2.24, 2.45) is 11.7 Å². The third-order valence-corrected chi connectivity index (χ3v) is 3.35. The van der Waals surface area contributed by atoms with E-state index < -0.39 is 0 Å². The zero-order valence-corrected chi connectivity index (χ0v) is 11.7. The molecule has 1 aliphatic rings. The molecule has 1 atom stereocenters. The highest BCUT2D eigenvalue weighted by molar-refractivity contribution is 5.92. The van der Waals surface area contributed by atoms with Crippen molar-refractivity contribution in [3.8, 4) is 0 Å². The van der Waals surface area contributed by atoms with Gasteiger partial charge in [0.1, 0.15) is 5.69 Å². The Morgan fingerprint density at radius 3 is 2.89 bits per heavy atom. The highest BCUT2D eigenvalue weighted by Crippen LogP contribution is 2.18. The average Bonchev–Trinajstić information content (AvgIpc) is 2.97. The number of likely N-dealkylation sites (tertiary alicyclic amines) is 1. The number of carbonyl (C=O) groups is 1. The SMILES string of the molecule is CC(C)c1cc(C(=O)N2CCC(CN)C2)n[nH]1.Cl. The number of nitrogens with one attached hydrogen (secondary N) is 1. The van der Waals surface area contributed by atoms with E-state index in [-0.39, 0.29) is 18.3 Å².